The Balaban J connectivity index is 2.39. The maximum absolute atomic E-state index is 12.1. The van der Waals surface area contributed by atoms with Crippen LogP contribution in [0.3, 0.4) is 0 Å². The molecule has 0 atom stereocenters. The molecule has 90 valence electrons. The number of rotatable bonds is 1. The summed E-state index contributed by atoms with van der Waals surface area (Å²) in [6, 6.07) is 7.13. The molecule has 0 amide bonds. The number of Topliss-reactive ketones (excluding diaryl/α,β-unsaturated/α-hetero) is 2. The van der Waals surface area contributed by atoms with Gasteiger partial charge in [0.25, 0.3) is 5.78 Å². The fourth-order valence-electron chi connectivity index (χ4n) is 2.43. The first-order valence-electron chi connectivity index (χ1n) is 5.89. The number of fused-ring (bicyclic) bond motifs is 3. The molecule has 1 aromatic heterocycles. The molecular weight excluding hydrogens is 228 g/mol. The van der Waals surface area contributed by atoms with E-state index in [1.54, 1.807) is 23.7 Å². The Kier molecular flexibility index (Phi) is 2.20. The summed E-state index contributed by atoms with van der Waals surface area (Å²) in [4.78, 5) is 28.6. The average molecular weight is 240 g/mol. The molecule has 0 bridgehead atoms. The van der Waals surface area contributed by atoms with Crippen LogP contribution >= 0.6 is 0 Å². The van der Waals surface area contributed by atoms with Gasteiger partial charge in [-0.25, -0.2) is 4.98 Å². The fraction of sp³-hybridized carbons (Fsp3) is 0.214. The van der Waals surface area contributed by atoms with Crippen molar-refractivity contribution in [3.05, 3.63) is 41.3 Å². The summed E-state index contributed by atoms with van der Waals surface area (Å²) in [6.45, 7) is 1.98. The Morgan fingerprint density at radius 2 is 1.78 bits per heavy atom. The lowest BCUT2D eigenvalue weighted by molar-refractivity contribution is 0.0810. The average Bonchev–Trinajstić information content (AvgIpc) is 2.73. The highest BCUT2D eigenvalue weighted by molar-refractivity contribution is 6.52. The van der Waals surface area contributed by atoms with Crippen LogP contribution in [0.25, 0.3) is 11.3 Å². The Morgan fingerprint density at radius 1 is 1.11 bits per heavy atom. The van der Waals surface area contributed by atoms with Crippen molar-refractivity contribution in [1.82, 2.24) is 9.55 Å². The predicted molar refractivity (Wildman–Crippen MR) is 66.7 cm³/mol. The summed E-state index contributed by atoms with van der Waals surface area (Å²) >= 11 is 0. The smallest absolute Gasteiger partial charge is 0.252 e. The molecule has 1 aliphatic carbocycles. The van der Waals surface area contributed by atoms with Crippen LogP contribution in [-0.4, -0.2) is 21.1 Å². The molecule has 0 spiro atoms. The molecule has 4 heteroatoms. The molecule has 0 N–H and O–H groups in total. The zero-order valence-electron chi connectivity index (χ0n) is 10.2. The van der Waals surface area contributed by atoms with Gasteiger partial charge in [-0.2, -0.15) is 0 Å². The van der Waals surface area contributed by atoms with Crippen molar-refractivity contribution < 1.29 is 9.59 Å². The van der Waals surface area contributed by atoms with Crippen LogP contribution in [0, 0.1) is 0 Å². The van der Waals surface area contributed by atoms with Crippen LogP contribution in [0.2, 0.25) is 0 Å². The van der Waals surface area contributed by atoms with Crippen molar-refractivity contribution in [2.75, 3.05) is 0 Å². The van der Waals surface area contributed by atoms with Gasteiger partial charge in [-0.3, -0.25) is 9.59 Å². The minimum atomic E-state index is -0.460. The molecule has 2 aromatic rings. The molecule has 3 rings (SSSR count). The van der Waals surface area contributed by atoms with Crippen molar-refractivity contribution in [2.45, 2.75) is 13.3 Å². The number of carbonyl (C=O) groups excluding carboxylic acids is 2. The van der Waals surface area contributed by atoms with Gasteiger partial charge in [0.05, 0.1) is 0 Å². The van der Waals surface area contributed by atoms with E-state index in [1.165, 1.54) is 0 Å². The predicted octanol–water partition coefficient (Wildman–Crippen LogP) is 2.03. The third-order valence-electron chi connectivity index (χ3n) is 3.35. The van der Waals surface area contributed by atoms with E-state index in [2.05, 4.69) is 4.98 Å². The number of imidazole rings is 1. The van der Waals surface area contributed by atoms with Gasteiger partial charge in [-0.1, -0.05) is 31.2 Å². The minimum Gasteiger partial charge on any atom is -0.328 e. The van der Waals surface area contributed by atoms with Gasteiger partial charge in [-0.05, 0) is 0 Å². The number of ketones is 2. The lowest BCUT2D eigenvalue weighted by Crippen LogP contribution is -2.23. The lowest BCUT2D eigenvalue weighted by Gasteiger charge is -2.13. The van der Waals surface area contributed by atoms with E-state index in [9.17, 15) is 9.59 Å². The SMILES string of the molecule is CCc1nc2c(n1C)C(=O)C(=O)c1ccccc1-2. The first kappa shape index (κ1) is 10.9. The molecule has 0 fully saturated rings. The summed E-state index contributed by atoms with van der Waals surface area (Å²) in [5, 5.41) is 0. The zero-order chi connectivity index (χ0) is 12.9. The Labute approximate surface area is 104 Å². The van der Waals surface area contributed by atoms with E-state index in [-0.39, 0.29) is 0 Å². The second kappa shape index (κ2) is 3.63. The summed E-state index contributed by atoms with van der Waals surface area (Å²) in [7, 11) is 1.78. The highest BCUT2D eigenvalue weighted by Crippen LogP contribution is 2.32. The van der Waals surface area contributed by atoms with Crippen molar-refractivity contribution >= 4 is 11.6 Å². The molecule has 18 heavy (non-hydrogen) atoms. The van der Waals surface area contributed by atoms with Crippen molar-refractivity contribution in [3.63, 3.8) is 0 Å². The van der Waals surface area contributed by atoms with Gasteiger partial charge in [0.15, 0.2) is 0 Å². The van der Waals surface area contributed by atoms with Gasteiger partial charge in [0.2, 0.25) is 5.78 Å². The fourth-order valence-corrected chi connectivity index (χ4v) is 2.43. The monoisotopic (exact) mass is 240 g/mol. The van der Waals surface area contributed by atoms with Crippen LogP contribution in [0.5, 0.6) is 0 Å². The van der Waals surface area contributed by atoms with E-state index in [4.69, 9.17) is 0 Å². The normalized spacial score (nSPS) is 13.4. The van der Waals surface area contributed by atoms with Crippen LogP contribution in [0.1, 0.15) is 33.6 Å². The molecule has 0 aliphatic heterocycles. The largest absolute Gasteiger partial charge is 0.328 e. The minimum absolute atomic E-state index is 0.413. The van der Waals surface area contributed by atoms with Crippen molar-refractivity contribution in [3.8, 4) is 11.3 Å². The number of aryl methyl sites for hydroxylation is 1. The Morgan fingerprint density at radius 3 is 2.44 bits per heavy atom. The molecule has 0 unspecified atom stereocenters. The standard InChI is InChI=1S/C14H12N2O2/c1-3-10-15-11-8-6-4-5-7-9(8)13(17)14(18)12(11)16(10)2/h4-7H,3H2,1-2H3. The first-order valence-corrected chi connectivity index (χ1v) is 5.89. The number of carbonyl (C=O) groups is 2. The Hall–Kier alpha value is -2.23. The van der Waals surface area contributed by atoms with Crippen LogP contribution in [0.4, 0.5) is 0 Å². The topological polar surface area (TPSA) is 52.0 Å². The first-order chi connectivity index (χ1) is 8.65. The maximum Gasteiger partial charge on any atom is 0.252 e. The number of nitrogens with zero attached hydrogens (tertiary/aromatic N) is 2. The third kappa shape index (κ3) is 1.23. The quantitative estimate of drug-likeness (QED) is 0.717. The van der Waals surface area contributed by atoms with Gasteiger partial charge in [0, 0.05) is 24.6 Å². The number of benzene rings is 1. The van der Waals surface area contributed by atoms with Gasteiger partial charge in [-0.15, -0.1) is 0 Å². The molecular formula is C14H12N2O2. The molecule has 1 heterocycles. The van der Waals surface area contributed by atoms with Crippen molar-refractivity contribution in [1.29, 1.82) is 0 Å². The van der Waals surface area contributed by atoms with Crippen LogP contribution in [-0.2, 0) is 13.5 Å². The molecule has 0 saturated heterocycles. The van der Waals surface area contributed by atoms with E-state index in [0.717, 1.165) is 17.8 Å². The summed E-state index contributed by atoms with van der Waals surface area (Å²) in [5.41, 5.74) is 2.26. The molecule has 0 saturated carbocycles. The van der Waals surface area contributed by atoms with Crippen LogP contribution < -0.4 is 0 Å². The molecule has 1 aromatic carbocycles. The van der Waals surface area contributed by atoms with E-state index in [0.29, 0.717) is 17.0 Å². The molecule has 4 nitrogen and oxygen atoms in total. The summed E-state index contributed by atoms with van der Waals surface area (Å²) in [5.74, 6) is -0.0833. The van der Waals surface area contributed by atoms with Gasteiger partial charge >= 0.3 is 0 Å². The Bertz CT molecular complexity index is 683. The van der Waals surface area contributed by atoms with Crippen molar-refractivity contribution in [2.24, 2.45) is 7.05 Å². The van der Waals surface area contributed by atoms with E-state index >= 15 is 0 Å². The molecule has 1 aliphatic rings. The van der Waals surface area contributed by atoms with Gasteiger partial charge in [0.1, 0.15) is 17.2 Å². The number of hydrogen-bond acceptors (Lipinski definition) is 3. The van der Waals surface area contributed by atoms with E-state index < -0.39 is 11.6 Å². The number of hydrogen-bond donors (Lipinski definition) is 0. The van der Waals surface area contributed by atoms with Gasteiger partial charge < -0.3 is 4.57 Å². The highest BCUT2D eigenvalue weighted by Gasteiger charge is 2.34. The van der Waals surface area contributed by atoms with Crippen LogP contribution in [0.15, 0.2) is 24.3 Å². The second-order valence-electron chi connectivity index (χ2n) is 4.34. The maximum atomic E-state index is 12.1. The lowest BCUT2D eigenvalue weighted by atomic mass is 9.90. The van der Waals surface area contributed by atoms with E-state index in [1.807, 2.05) is 19.1 Å². The molecule has 0 radical (unpaired) electrons. The zero-order valence-corrected chi connectivity index (χ0v) is 10.2. The second-order valence-corrected chi connectivity index (χ2v) is 4.34. The third-order valence-corrected chi connectivity index (χ3v) is 3.35. The summed E-state index contributed by atoms with van der Waals surface area (Å²) < 4.78 is 1.73. The number of aromatic nitrogens is 2. The highest BCUT2D eigenvalue weighted by atomic mass is 16.2. The summed E-state index contributed by atoms with van der Waals surface area (Å²) in [6.07, 6.45) is 0.729.